The molecule has 1 heterocycles. The largest absolute Gasteiger partial charge is 0.378 e. The number of carbonyl (C=O) groups is 1. The maximum atomic E-state index is 12.6. The number of carbonyl (C=O) groups excluding carboxylic acids is 1. The molecule has 1 aromatic carbocycles. The van der Waals surface area contributed by atoms with E-state index in [1.54, 1.807) is 12.1 Å². The number of ketones is 1. The van der Waals surface area contributed by atoms with Crippen LogP contribution in [0.2, 0.25) is 0 Å². The van der Waals surface area contributed by atoms with Gasteiger partial charge in [-0.3, -0.25) is 4.79 Å². The monoisotopic (exact) mass is 297 g/mol. The van der Waals surface area contributed by atoms with Gasteiger partial charge in [0.1, 0.15) is 0 Å². The highest BCUT2D eigenvalue weighted by Crippen LogP contribution is 2.22. The number of benzene rings is 1. The van der Waals surface area contributed by atoms with Crippen LogP contribution in [0.3, 0.4) is 0 Å². The molecule has 1 saturated heterocycles. The molecular formula is C14H19NO4S. The Bertz CT molecular complexity index is 580. The Kier molecular flexibility index (Phi) is 4.57. The lowest BCUT2D eigenvalue weighted by molar-refractivity contribution is 0.0314. The highest BCUT2D eigenvalue weighted by Gasteiger charge is 2.32. The average molecular weight is 297 g/mol. The van der Waals surface area contributed by atoms with Crippen molar-refractivity contribution in [3.05, 3.63) is 29.8 Å². The van der Waals surface area contributed by atoms with Crippen LogP contribution in [0.5, 0.6) is 0 Å². The van der Waals surface area contributed by atoms with Crippen molar-refractivity contribution >= 4 is 15.8 Å². The lowest BCUT2D eigenvalue weighted by atomic mass is 10.2. The first kappa shape index (κ1) is 15.2. The zero-order chi connectivity index (χ0) is 14.8. The van der Waals surface area contributed by atoms with Gasteiger partial charge in [-0.25, -0.2) is 8.42 Å². The molecule has 110 valence electrons. The van der Waals surface area contributed by atoms with E-state index in [0.29, 0.717) is 31.7 Å². The van der Waals surface area contributed by atoms with E-state index in [0.717, 1.165) is 0 Å². The second kappa shape index (κ2) is 6.03. The minimum absolute atomic E-state index is 0.0771. The second-order valence-electron chi connectivity index (χ2n) is 4.83. The summed E-state index contributed by atoms with van der Waals surface area (Å²) in [5.74, 6) is -0.0771. The fourth-order valence-electron chi connectivity index (χ4n) is 2.27. The lowest BCUT2D eigenvalue weighted by Crippen LogP contribution is -2.48. The molecular weight excluding hydrogens is 278 g/mol. The van der Waals surface area contributed by atoms with Crippen molar-refractivity contribution in [1.82, 2.24) is 4.31 Å². The van der Waals surface area contributed by atoms with Crippen molar-refractivity contribution < 1.29 is 17.9 Å². The van der Waals surface area contributed by atoms with Crippen molar-refractivity contribution in [3.63, 3.8) is 0 Å². The highest BCUT2D eigenvalue weighted by molar-refractivity contribution is 7.89. The summed E-state index contributed by atoms with van der Waals surface area (Å²) in [6.45, 7) is 4.62. The molecule has 1 atom stereocenters. The van der Waals surface area contributed by atoms with Gasteiger partial charge in [0.2, 0.25) is 10.0 Å². The smallest absolute Gasteiger partial charge is 0.243 e. The highest BCUT2D eigenvalue weighted by atomic mass is 32.2. The van der Waals surface area contributed by atoms with E-state index >= 15 is 0 Å². The van der Waals surface area contributed by atoms with Gasteiger partial charge in [0, 0.05) is 18.2 Å². The third kappa shape index (κ3) is 2.92. The summed E-state index contributed by atoms with van der Waals surface area (Å²) in [6.07, 6.45) is 0.713. The summed E-state index contributed by atoms with van der Waals surface area (Å²) in [4.78, 5) is 11.5. The predicted molar refractivity (Wildman–Crippen MR) is 75.2 cm³/mol. The van der Waals surface area contributed by atoms with Crippen molar-refractivity contribution in [2.75, 3.05) is 19.8 Å². The summed E-state index contributed by atoms with van der Waals surface area (Å²) in [5.41, 5.74) is 0.512. The maximum Gasteiger partial charge on any atom is 0.243 e. The molecule has 0 aliphatic carbocycles. The summed E-state index contributed by atoms with van der Waals surface area (Å²) in [7, 11) is -3.52. The molecule has 1 aromatic rings. The lowest BCUT2D eigenvalue weighted by Gasteiger charge is -2.33. The van der Waals surface area contributed by atoms with Gasteiger partial charge < -0.3 is 4.74 Å². The Morgan fingerprint density at radius 1 is 1.35 bits per heavy atom. The second-order valence-corrected chi connectivity index (χ2v) is 6.72. The van der Waals surface area contributed by atoms with Crippen molar-refractivity contribution in [2.45, 2.75) is 31.2 Å². The van der Waals surface area contributed by atoms with E-state index in [2.05, 4.69) is 0 Å². The number of ether oxygens (including phenoxy) is 1. The number of hydrogen-bond acceptors (Lipinski definition) is 4. The number of nitrogens with zero attached hydrogens (tertiary/aromatic N) is 1. The third-order valence-corrected chi connectivity index (χ3v) is 5.48. The quantitative estimate of drug-likeness (QED) is 0.793. The molecule has 2 rings (SSSR count). The molecule has 0 N–H and O–H groups in total. The molecule has 0 aromatic heterocycles. The van der Waals surface area contributed by atoms with E-state index in [1.165, 1.54) is 23.4 Å². The predicted octanol–water partition coefficient (Wildman–Crippen LogP) is 1.69. The Labute approximate surface area is 119 Å². The van der Waals surface area contributed by atoms with Crippen LogP contribution in [-0.2, 0) is 14.8 Å². The van der Waals surface area contributed by atoms with Crippen LogP contribution < -0.4 is 0 Å². The van der Waals surface area contributed by atoms with Crippen molar-refractivity contribution in [1.29, 1.82) is 0 Å². The Morgan fingerprint density at radius 3 is 2.55 bits per heavy atom. The molecule has 0 radical (unpaired) electrons. The van der Waals surface area contributed by atoms with Crippen LogP contribution in [0.1, 0.15) is 30.6 Å². The number of morpholine rings is 1. The van der Waals surface area contributed by atoms with Crippen molar-refractivity contribution in [2.24, 2.45) is 0 Å². The fourth-order valence-corrected chi connectivity index (χ4v) is 3.94. The number of rotatable bonds is 4. The molecule has 1 aliphatic heterocycles. The number of sulfonamides is 1. The van der Waals surface area contributed by atoms with E-state index in [4.69, 9.17) is 4.74 Å². The van der Waals surface area contributed by atoms with Gasteiger partial charge in [0.25, 0.3) is 0 Å². The summed E-state index contributed by atoms with van der Waals surface area (Å²) < 4.78 is 32.1. The summed E-state index contributed by atoms with van der Waals surface area (Å²) in [6, 6.07) is 5.97. The molecule has 0 saturated carbocycles. The summed E-state index contributed by atoms with van der Waals surface area (Å²) >= 11 is 0. The number of hydrogen-bond donors (Lipinski definition) is 0. The van der Waals surface area contributed by atoms with Crippen LogP contribution in [0.15, 0.2) is 29.2 Å². The zero-order valence-electron chi connectivity index (χ0n) is 11.7. The number of Topliss-reactive ketones (excluding diaryl/α,β-unsaturated/α-hetero) is 1. The van der Waals surface area contributed by atoms with Gasteiger partial charge in [0.05, 0.1) is 18.1 Å². The topological polar surface area (TPSA) is 63.7 Å². The van der Waals surface area contributed by atoms with Gasteiger partial charge in [-0.1, -0.05) is 19.1 Å². The molecule has 1 aliphatic rings. The first-order valence-electron chi connectivity index (χ1n) is 6.67. The fraction of sp³-hybridized carbons (Fsp3) is 0.500. The normalized spacial score (nSPS) is 20.8. The standard InChI is InChI=1S/C14H19NO4S/c1-3-13-10-19-9-8-15(13)20(17,18)14-6-4-12(5-7-14)11(2)16/h4-7,13H,3,8-10H2,1-2H3. The molecule has 0 bridgehead atoms. The molecule has 6 heteroatoms. The molecule has 5 nitrogen and oxygen atoms in total. The Balaban J connectivity index is 2.31. The average Bonchev–Trinajstić information content (AvgIpc) is 2.47. The van der Waals surface area contributed by atoms with E-state index in [9.17, 15) is 13.2 Å². The minimum Gasteiger partial charge on any atom is -0.378 e. The Hall–Kier alpha value is -1.24. The first-order valence-corrected chi connectivity index (χ1v) is 8.11. The van der Waals surface area contributed by atoms with Crippen LogP contribution >= 0.6 is 0 Å². The SMILES string of the molecule is CCC1COCCN1S(=O)(=O)c1ccc(C(C)=O)cc1. The van der Waals surface area contributed by atoms with Crippen LogP contribution in [0, 0.1) is 0 Å². The summed E-state index contributed by atoms with van der Waals surface area (Å²) in [5, 5.41) is 0. The molecule has 20 heavy (non-hydrogen) atoms. The molecule has 0 amide bonds. The minimum atomic E-state index is -3.52. The third-order valence-electron chi connectivity index (χ3n) is 3.51. The molecule has 1 fully saturated rings. The van der Waals surface area contributed by atoms with Crippen LogP contribution in [0.4, 0.5) is 0 Å². The van der Waals surface area contributed by atoms with Crippen LogP contribution in [-0.4, -0.2) is 44.3 Å². The maximum absolute atomic E-state index is 12.6. The molecule has 0 spiro atoms. The zero-order valence-corrected chi connectivity index (χ0v) is 12.5. The van der Waals surface area contributed by atoms with Crippen LogP contribution in [0.25, 0.3) is 0 Å². The van der Waals surface area contributed by atoms with Crippen molar-refractivity contribution in [3.8, 4) is 0 Å². The van der Waals surface area contributed by atoms with E-state index in [1.807, 2.05) is 6.92 Å². The Morgan fingerprint density at radius 2 is 2.00 bits per heavy atom. The van der Waals surface area contributed by atoms with Gasteiger partial charge in [-0.15, -0.1) is 0 Å². The van der Waals surface area contributed by atoms with Gasteiger partial charge in [0.15, 0.2) is 5.78 Å². The first-order chi connectivity index (χ1) is 9.46. The van der Waals surface area contributed by atoms with E-state index in [-0.39, 0.29) is 16.7 Å². The molecule has 1 unspecified atom stereocenters. The van der Waals surface area contributed by atoms with Gasteiger partial charge in [-0.2, -0.15) is 4.31 Å². The van der Waals surface area contributed by atoms with Gasteiger partial charge >= 0.3 is 0 Å². The van der Waals surface area contributed by atoms with E-state index < -0.39 is 10.0 Å². The van der Waals surface area contributed by atoms with Gasteiger partial charge in [-0.05, 0) is 25.5 Å².